The molecule has 0 saturated heterocycles. The van der Waals surface area contributed by atoms with Crippen molar-refractivity contribution < 1.29 is 0 Å². The zero-order valence-corrected chi connectivity index (χ0v) is 9.62. The molecule has 0 radical (unpaired) electrons. The number of hydrogen-bond acceptors (Lipinski definition) is 4. The third-order valence-corrected chi connectivity index (χ3v) is 2.59. The van der Waals surface area contributed by atoms with Gasteiger partial charge in [-0.1, -0.05) is 0 Å². The number of H-pyrrole nitrogens is 1. The van der Waals surface area contributed by atoms with E-state index in [1.807, 2.05) is 13.0 Å². The van der Waals surface area contributed by atoms with E-state index in [1.54, 1.807) is 6.20 Å². The average Bonchev–Trinajstić information content (AvgIpc) is 2.66. The number of pyridine rings is 1. The van der Waals surface area contributed by atoms with Gasteiger partial charge in [0.2, 0.25) is 0 Å². The normalized spacial score (nSPS) is 13.2. The standard InChI is InChI=1S/C11H17N5/c1-7(5-12)14-6-9-3-4-13-11-10(9)15-8(2)16-11/h3-4,7,14H,5-6,12H2,1-2H3,(H,13,15,16)/t7-/m0/s1. The number of hydrogen-bond donors (Lipinski definition) is 3. The molecule has 0 aliphatic carbocycles. The van der Waals surface area contributed by atoms with E-state index in [-0.39, 0.29) is 0 Å². The van der Waals surface area contributed by atoms with Crippen LogP contribution in [0.3, 0.4) is 0 Å². The Bertz CT molecular complexity index is 476. The number of nitrogens with zero attached hydrogens (tertiary/aromatic N) is 2. The molecule has 16 heavy (non-hydrogen) atoms. The van der Waals surface area contributed by atoms with Gasteiger partial charge in [-0.15, -0.1) is 0 Å². The Labute approximate surface area is 94.5 Å². The van der Waals surface area contributed by atoms with Crippen LogP contribution < -0.4 is 11.1 Å². The van der Waals surface area contributed by atoms with Gasteiger partial charge in [-0.3, -0.25) is 0 Å². The van der Waals surface area contributed by atoms with Crippen molar-refractivity contribution >= 4 is 11.2 Å². The monoisotopic (exact) mass is 219 g/mol. The first-order valence-corrected chi connectivity index (χ1v) is 5.44. The first-order valence-electron chi connectivity index (χ1n) is 5.44. The molecule has 0 amide bonds. The summed E-state index contributed by atoms with van der Waals surface area (Å²) < 4.78 is 0. The molecule has 2 rings (SSSR count). The van der Waals surface area contributed by atoms with E-state index in [4.69, 9.17) is 5.73 Å². The first-order chi connectivity index (χ1) is 7.70. The van der Waals surface area contributed by atoms with Crippen LogP contribution in [0.4, 0.5) is 0 Å². The Kier molecular flexibility index (Phi) is 3.17. The molecule has 0 saturated carbocycles. The van der Waals surface area contributed by atoms with Crippen molar-refractivity contribution in [2.45, 2.75) is 26.4 Å². The van der Waals surface area contributed by atoms with Crippen molar-refractivity contribution in [2.24, 2.45) is 5.73 Å². The largest absolute Gasteiger partial charge is 0.341 e. The Morgan fingerprint density at radius 2 is 2.38 bits per heavy atom. The number of rotatable bonds is 4. The fourth-order valence-corrected chi connectivity index (χ4v) is 1.59. The van der Waals surface area contributed by atoms with Gasteiger partial charge in [-0.05, 0) is 25.5 Å². The minimum atomic E-state index is 0.312. The average molecular weight is 219 g/mol. The number of nitrogens with one attached hydrogen (secondary N) is 2. The van der Waals surface area contributed by atoms with Crippen LogP contribution in [0.15, 0.2) is 12.3 Å². The summed E-state index contributed by atoms with van der Waals surface area (Å²) in [5.74, 6) is 0.891. The van der Waals surface area contributed by atoms with Gasteiger partial charge in [0.15, 0.2) is 5.65 Å². The highest BCUT2D eigenvalue weighted by atomic mass is 15.0. The van der Waals surface area contributed by atoms with Gasteiger partial charge < -0.3 is 16.0 Å². The lowest BCUT2D eigenvalue weighted by Crippen LogP contribution is -2.32. The minimum absolute atomic E-state index is 0.312. The summed E-state index contributed by atoms with van der Waals surface area (Å²) >= 11 is 0. The van der Waals surface area contributed by atoms with Crippen LogP contribution in [-0.2, 0) is 6.54 Å². The zero-order chi connectivity index (χ0) is 11.5. The summed E-state index contributed by atoms with van der Waals surface area (Å²) in [6, 6.07) is 2.31. The summed E-state index contributed by atoms with van der Waals surface area (Å²) in [5, 5.41) is 3.35. The molecule has 0 aliphatic rings. The Hall–Kier alpha value is -1.46. The molecule has 0 aliphatic heterocycles. The predicted molar refractivity (Wildman–Crippen MR) is 64.0 cm³/mol. The second kappa shape index (κ2) is 4.59. The minimum Gasteiger partial charge on any atom is -0.341 e. The van der Waals surface area contributed by atoms with E-state index in [0.29, 0.717) is 12.6 Å². The summed E-state index contributed by atoms with van der Waals surface area (Å²) in [5.41, 5.74) is 8.52. The van der Waals surface area contributed by atoms with E-state index in [9.17, 15) is 0 Å². The third kappa shape index (κ3) is 2.20. The van der Waals surface area contributed by atoms with Crippen LogP contribution in [0.5, 0.6) is 0 Å². The Morgan fingerprint density at radius 3 is 3.12 bits per heavy atom. The van der Waals surface area contributed by atoms with Crippen molar-refractivity contribution in [1.29, 1.82) is 0 Å². The maximum atomic E-state index is 5.56. The number of aromatic nitrogens is 3. The van der Waals surface area contributed by atoms with Crippen LogP contribution in [0.25, 0.3) is 11.2 Å². The lowest BCUT2D eigenvalue weighted by atomic mass is 10.2. The highest BCUT2D eigenvalue weighted by molar-refractivity contribution is 5.74. The van der Waals surface area contributed by atoms with Crippen molar-refractivity contribution in [3.63, 3.8) is 0 Å². The summed E-state index contributed by atoms with van der Waals surface area (Å²) in [6.07, 6.45) is 1.78. The molecule has 0 fully saturated rings. The number of fused-ring (bicyclic) bond motifs is 1. The van der Waals surface area contributed by atoms with Crippen molar-refractivity contribution in [3.8, 4) is 0 Å². The lowest BCUT2D eigenvalue weighted by Gasteiger charge is -2.11. The molecule has 0 unspecified atom stereocenters. The van der Waals surface area contributed by atoms with Gasteiger partial charge in [0.1, 0.15) is 5.82 Å². The molecular formula is C11H17N5. The molecular weight excluding hydrogens is 202 g/mol. The topological polar surface area (TPSA) is 79.6 Å². The molecule has 0 aromatic carbocycles. The highest BCUT2D eigenvalue weighted by Crippen LogP contribution is 2.13. The van der Waals surface area contributed by atoms with E-state index in [2.05, 4.69) is 27.2 Å². The van der Waals surface area contributed by atoms with E-state index in [0.717, 1.165) is 23.5 Å². The number of aryl methyl sites for hydroxylation is 1. The van der Waals surface area contributed by atoms with E-state index < -0.39 is 0 Å². The molecule has 2 aromatic rings. The van der Waals surface area contributed by atoms with Crippen LogP contribution in [-0.4, -0.2) is 27.5 Å². The van der Waals surface area contributed by atoms with Crippen molar-refractivity contribution in [1.82, 2.24) is 20.3 Å². The summed E-state index contributed by atoms with van der Waals surface area (Å²) in [6.45, 7) is 5.41. The highest BCUT2D eigenvalue weighted by Gasteiger charge is 2.06. The fourth-order valence-electron chi connectivity index (χ4n) is 1.59. The molecule has 86 valence electrons. The lowest BCUT2D eigenvalue weighted by molar-refractivity contribution is 0.557. The number of imidazole rings is 1. The first kappa shape index (κ1) is 11.0. The van der Waals surface area contributed by atoms with Crippen molar-refractivity contribution in [3.05, 3.63) is 23.7 Å². The SMILES string of the molecule is Cc1nc2nccc(CN[C@@H](C)CN)c2[nH]1. The molecule has 0 spiro atoms. The summed E-state index contributed by atoms with van der Waals surface area (Å²) in [7, 11) is 0. The second-order valence-corrected chi connectivity index (χ2v) is 4.01. The maximum Gasteiger partial charge on any atom is 0.177 e. The smallest absolute Gasteiger partial charge is 0.177 e. The molecule has 1 atom stereocenters. The quantitative estimate of drug-likeness (QED) is 0.707. The molecule has 2 aromatic heterocycles. The van der Waals surface area contributed by atoms with Crippen LogP contribution in [0.2, 0.25) is 0 Å². The third-order valence-electron chi connectivity index (χ3n) is 2.59. The van der Waals surface area contributed by atoms with E-state index >= 15 is 0 Å². The zero-order valence-electron chi connectivity index (χ0n) is 9.62. The van der Waals surface area contributed by atoms with Gasteiger partial charge in [0, 0.05) is 25.3 Å². The molecule has 4 N–H and O–H groups in total. The summed E-state index contributed by atoms with van der Waals surface area (Å²) in [4.78, 5) is 11.7. The second-order valence-electron chi connectivity index (χ2n) is 4.01. The number of nitrogens with two attached hydrogens (primary N) is 1. The van der Waals surface area contributed by atoms with Gasteiger partial charge in [-0.25, -0.2) is 9.97 Å². The van der Waals surface area contributed by atoms with Gasteiger partial charge in [0.05, 0.1) is 5.52 Å². The van der Waals surface area contributed by atoms with Gasteiger partial charge in [-0.2, -0.15) is 0 Å². The Balaban J connectivity index is 2.23. The molecule has 0 bridgehead atoms. The van der Waals surface area contributed by atoms with Gasteiger partial charge >= 0.3 is 0 Å². The predicted octanol–water partition coefficient (Wildman–Crippen LogP) is 0.703. The van der Waals surface area contributed by atoms with Crippen LogP contribution in [0.1, 0.15) is 18.3 Å². The van der Waals surface area contributed by atoms with E-state index in [1.165, 1.54) is 5.56 Å². The number of aromatic amines is 1. The molecule has 5 heteroatoms. The van der Waals surface area contributed by atoms with Gasteiger partial charge in [0.25, 0.3) is 0 Å². The maximum absolute atomic E-state index is 5.56. The fraction of sp³-hybridized carbons (Fsp3) is 0.455. The molecule has 2 heterocycles. The van der Waals surface area contributed by atoms with Crippen LogP contribution in [0, 0.1) is 6.92 Å². The molecule has 5 nitrogen and oxygen atoms in total. The Morgan fingerprint density at radius 1 is 1.56 bits per heavy atom. The van der Waals surface area contributed by atoms with Crippen LogP contribution >= 0.6 is 0 Å². The van der Waals surface area contributed by atoms with Crippen molar-refractivity contribution in [2.75, 3.05) is 6.54 Å².